The first-order valence-electron chi connectivity index (χ1n) is 3.85. The molecular weight excluding hydrogens is 174 g/mol. The van der Waals surface area contributed by atoms with E-state index in [1.807, 2.05) is 31.2 Å². The largest absolute Gasteiger partial charge is 0.394 e. The highest BCUT2D eigenvalue weighted by atomic mass is 35.5. The number of rotatable bonds is 3. The molecule has 0 aromatic heterocycles. The van der Waals surface area contributed by atoms with Crippen LogP contribution in [0.3, 0.4) is 0 Å². The lowest BCUT2D eigenvalue weighted by atomic mass is 10.3. The third-order valence-corrected chi connectivity index (χ3v) is 1.78. The first-order valence-corrected chi connectivity index (χ1v) is 4.23. The van der Waals surface area contributed by atoms with E-state index in [2.05, 4.69) is 5.32 Å². The Hall–Kier alpha value is -0.730. The van der Waals surface area contributed by atoms with E-state index in [1.54, 1.807) is 0 Å². The van der Waals surface area contributed by atoms with Crippen LogP contribution in [0.15, 0.2) is 24.3 Å². The van der Waals surface area contributed by atoms with Gasteiger partial charge in [0.15, 0.2) is 0 Å². The summed E-state index contributed by atoms with van der Waals surface area (Å²) in [6.07, 6.45) is 0. The summed E-state index contributed by atoms with van der Waals surface area (Å²) in [7, 11) is 0. The van der Waals surface area contributed by atoms with E-state index in [4.69, 9.17) is 16.7 Å². The molecule has 0 spiro atoms. The zero-order valence-electron chi connectivity index (χ0n) is 6.92. The van der Waals surface area contributed by atoms with E-state index in [1.165, 1.54) is 0 Å². The van der Waals surface area contributed by atoms with Crippen LogP contribution in [0, 0.1) is 0 Å². The smallest absolute Gasteiger partial charge is 0.0630 e. The van der Waals surface area contributed by atoms with Crippen molar-refractivity contribution in [3.8, 4) is 0 Å². The normalized spacial score (nSPS) is 12.6. The second-order valence-corrected chi connectivity index (χ2v) is 3.17. The monoisotopic (exact) mass is 185 g/mol. The average molecular weight is 186 g/mol. The fourth-order valence-electron chi connectivity index (χ4n) is 0.876. The minimum Gasteiger partial charge on any atom is -0.394 e. The molecule has 0 radical (unpaired) electrons. The third-order valence-electron chi connectivity index (χ3n) is 1.53. The number of aliphatic hydroxyl groups excluding tert-OH is 1. The van der Waals surface area contributed by atoms with Gasteiger partial charge in [-0.1, -0.05) is 11.6 Å². The van der Waals surface area contributed by atoms with Gasteiger partial charge in [-0.2, -0.15) is 0 Å². The molecule has 0 aliphatic carbocycles. The van der Waals surface area contributed by atoms with Gasteiger partial charge in [0.1, 0.15) is 0 Å². The highest BCUT2D eigenvalue weighted by Crippen LogP contribution is 2.13. The molecule has 0 bridgehead atoms. The van der Waals surface area contributed by atoms with Crippen LogP contribution in [0.2, 0.25) is 5.02 Å². The first-order chi connectivity index (χ1) is 5.72. The number of hydrogen-bond donors (Lipinski definition) is 2. The Labute approximate surface area is 77.2 Å². The number of aliphatic hydroxyl groups is 1. The predicted octanol–water partition coefficient (Wildman–Crippen LogP) is 2.13. The van der Waals surface area contributed by atoms with Crippen LogP contribution in [0.5, 0.6) is 0 Å². The maximum Gasteiger partial charge on any atom is 0.0630 e. The van der Waals surface area contributed by atoms with Crippen LogP contribution in [-0.2, 0) is 0 Å². The van der Waals surface area contributed by atoms with Crippen LogP contribution >= 0.6 is 11.6 Å². The SMILES string of the molecule is C[C@@H](CO)Nc1ccc(Cl)cc1. The van der Waals surface area contributed by atoms with Gasteiger partial charge in [0.2, 0.25) is 0 Å². The van der Waals surface area contributed by atoms with Gasteiger partial charge in [-0.05, 0) is 31.2 Å². The van der Waals surface area contributed by atoms with Gasteiger partial charge in [-0.3, -0.25) is 0 Å². The topological polar surface area (TPSA) is 32.3 Å². The Balaban J connectivity index is 2.58. The van der Waals surface area contributed by atoms with E-state index in [0.717, 1.165) is 10.7 Å². The third kappa shape index (κ3) is 2.72. The summed E-state index contributed by atoms with van der Waals surface area (Å²) in [5.41, 5.74) is 0.973. The molecule has 1 aromatic rings. The van der Waals surface area contributed by atoms with Crippen molar-refractivity contribution in [2.75, 3.05) is 11.9 Å². The molecule has 0 heterocycles. The molecule has 2 nitrogen and oxygen atoms in total. The zero-order chi connectivity index (χ0) is 8.97. The molecule has 1 rings (SSSR count). The van der Waals surface area contributed by atoms with Crippen molar-refractivity contribution in [1.29, 1.82) is 0 Å². The van der Waals surface area contributed by atoms with Crippen molar-refractivity contribution < 1.29 is 5.11 Å². The van der Waals surface area contributed by atoms with Gasteiger partial charge in [0, 0.05) is 16.8 Å². The number of hydrogen-bond acceptors (Lipinski definition) is 2. The standard InChI is InChI=1S/C9H12ClNO/c1-7(6-12)11-9-4-2-8(10)3-5-9/h2-5,7,11-12H,6H2,1H3/t7-/m0/s1. The second kappa shape index (κ2) is 4.33. The quantitative estimate of drug-likeness (QED) is 0.756. The molecule has 0 unspecified atom stereocenters. The molecule has 0 saturated carbocycles. The summed E-state index contributed by atoms with van der Waals surface area (Å²) in [6.45, 7) is 2.04. The van der Waals surface area contributed by atoms with Gasteiger partial charge in [-0.15, -0.1) is 0 Å². The Morgan fingerprint density at radius 3 is 2.50 bits per heavy atom. The molecule has 66 valence electrons. The van der Waals surface area contributed by atoms with E-state index in [0.29, 0.717) is 0 Å². The molecule has 0 fully saturated rings. The van der Waals surface area contributed by atoms with E-state index in [9.17, 15) is 0 Å². The lowest BCUT2D eigenvalue weighted by Crippen LogP contribution is -2.18. The maximum absolute atomic E-state index is 8.76. The van der Waals surface area contributed by atoms with Crippen molar-refractivity contribution >= 4 is 17.3 Å². The maximum atomic E-state index is 8.76. The molecule has 0 aliphatic heterocycles. The summed E-state index contributed by atoms with van der Waals surface area (Å²) < 4.78 is 0. The molecule has 12 heavy (non-hydrogen) atoms. The number of benzene rings is 1. The number of halogens is 1. The van der Waals surface area contributed by atoms with Crippen molar-refractivity contribution in [1.82, 2.24) is 0 Å². The highest BCUT2D eigenvalue weighted by Gasteiger charge is 1.98. The Bertz CT molecular complexity index is 235. The molecule has 2 N–H and O–H groups in total. The van der Waals surface area contributed by atoms with E-state index < -0.39 is 0 Å². The summed E-state index contributed by atoms with van der Waals surface area (Å²) >= 11 is 5.70. The first kappa shape index (κ1) is 9.36. The predicted molar refractivity (Wildman–Crippen MR) is 51.6 cm³/mol. The van der Waals surface area contributed by atoms with Gasteiger partial charge in [-0.25, -0.2) is 0 Å². The van der Waals surface area contributed by atoms with Crippen LogP contribution < -0.4 is 5.32 Å². The Kier molecular flexibility index (Phi) is 3.38. The zero-order valence-corrected chi connectivity index (χ0v) is 7.67. The summed E-state index contributed by atoms with van der Waals surface area (Å²) in [5, 5.41) is 12.6. The van der Waals surface area contributed by atoms with Crippen LogP contribution in [-0.4, -0.2) is 17.8 Å². The second-order valence-electron chi connectivity index (χ2n) is 2.73. The molecule has 1 aromatic carbocycles. The fourth-order valence-corrected chi connectivity index (χ4v) is 1.00. The fraction of sp³-hybridized carbons (Fsp3) is 0.333. The van der Waals surface area contributed by atoms with Gasteiger partial charge in [0.25, 0.3) is 0 Å². The lowest BCUT2D eigenvalue weighted by molar-refractivity contribution is 0.281. The van der Waals surface area contributed by atoms with E-state index >= 15 is 0 Å². The number of anilines is 1. The summed E-state index contributed by atoms with van der Waals surface area (Å²) in [4.78, 5) is 0. The number of nitrogens with one attached hydrogen (secondary N) is 1. The molecule has 0 saturated heterocycles. The summed E-state index contributed by atoms with van der Waals surface area (Å²) in [6, 6.07) is 7.47. The van der Waals surface area contributed by atoms with Crippen LogP contribution in [0.1, 0.15) is 6.92 Å². The average Bonchev–Trinajstić information content (AvgIpc) is 2.09. The molecule has 1 atom stereocenters. The Morgan fingerprint density at radius 2 is 2.00 bits per heavy atom. The van der Waals surface area contributed by atoms with Gasteiger partial charge < -0.3 is 10.4 Å². The highest BCUT2D eigenvalue weighted by molar-refractivity contribution is 6.30. The Morgan fingerprint density at radius 1 is 1.42 bits per heavy atom. The molecule has 3 heteroatoms. The minimum atomic E-state index is 0.0752. The summed E-state index contributed by atoms with van der Waals surface area (Å²) in [5.74, 6) is 0. The van der Waals surface area contributed by atoms with Gasteiger partial charge in [0.05, 0.1) is 6.61 Å². The minimum absolute atomic E-state index is 0.0752. The van der Waals surface area contributed by atoms with Crippen molar-refractivity contribution in [3.63, 3.8) is 0 Å². The molecule has 0 amide bonds. The molecular formula is C9H12ClNO. The van der Waals surface area contributed by atoms with Crippen molar-refractivity contribution in [2.45, 2.75) is 13.0 Å². The van der Waals surface area contributed by atoms with Gasteiger partial charge >= 0.3 is 0 Å². The van der Waals surface area contributed by atoms with Crippen LogP contribution in [0.25, 0.3) is 0 Å². The van der Waals surface area contributed by atoms with Crippen LogP contribution in [0.4, 0.5) is 5.69 Å². The lowest BCUT2D eigenvalue weighted by Gasteiger charge is -2.11. The molecule has 0 aliphatic rings. The van der Waals surface area contributed by atoms with Crippen molar-refractivity contribution in [3.05, 3.63) is 29.3 Å². The van der Waals surface area contributed by atoms with E-state index in [-0.39, 0.29) is 12.6 Å². The van der Waals surface area contributed by atoms with Crippen molar-refractivity contribution in [2.24, 2.45) is 0 Å².